The van der Waals surface area contributed by atoms with Crippen molar-refractivity contribution in [2.75, 3.05) is 0 Å². The number of nitrogens with one attached hydrogen (secondary N) is 1. The van der Waals surface area contributed by atoms with Crippen molar-refractivity contribution in [2.45, 2.75) is 0 Å². The van der Waals surface area contributed by atoms with Gasteiger partial charge in [-0.2, -0.15) is 5.26 Å². The van der Waals surface area contributed by atoms with Crippen LogP contribution in [0.15, 0.2) is 16.2 Å². The number of H-pyrrole nitrogens is 1. The van der Waals surface area contributed by atoms with Gasteiger partial charge in [-0.3, -0.25) is 4.79 Å². The molecular weight excluding hydrogens is 188 g/mol. The Morgan fingerprint density at radius 3 is 3.08 bits per heavy atom. The van der Waals surface area contributed by atoms with E-state index in [0.717, 1.165) is 0 Å². The molecule has 5 heteroatoms. The lowest BCUT2D eigenvalue weighted by Gasteiger charge is -1.95. The summed E-state index contributed by atoms with van der Waals surface area (Å²) in [6, 6.07) is 3.34. The van der Waals surface area contributed by atoms with Crippen LogP contribution in [0.1, 0.15) is 5.56 Å². The van der Waals surface area contributed by atoms with E-state index in [1.165, 1.54) is 11.3 Å². The van der Waals surface area contributed by atoms with Gasteiger partial charge in [-0.05, 0) is 11.4 Å². The monoisotopic (exact) mass is 192 g/mol. The fourth-order valence-electron chi connectivity index (χ4n) is 1.10. The average molecular weight is 192 g/mol. The third-order valence-corrected chi connectivity index (χ3v) is 2.63. The second-order valence-electron chi connectivity index (χ2n) is 2.45. The van der Waals surface area contributed by atoms with Crippen molar-refractivity contribution in [2.24, 2.45) is 0 Å². The number of aromatic amines is 1. The van der Waals surface area contributed by atoms with Crippen LogP contribution < -0.4 is 5.56 Å². The van der Waals surface area contributed by atoms with Crippen LogP contribution >= 0.6 is 11.3 Å². The van der Waals surface area contributed by atoms with E-state index in [1.807, 2.05) is 0 Å². The number of hydrogen-bond acceptors (Lipinski definition) is 4. The smallest absolute Gasteiger partial charge is 0.270 e. The lowest BCUT2D eigenvalue weighted by atomic mass is 10.2. The fourth-order valence-corrected chi connectivity index (χ4v) is 1.90. The van der Waals surface area contributed by atoms with E-state index in [9.17, 15) is 9.90 Å². The van der Waals surface area contributed by atoms with Crippen molar-refractivity contribution in [3.8, 4) is 11.8 Å². The van der Waals surface area contributed by atoms with Crippen molar-refractivity contribution in [1.29, 1.82) is 5.26 Å². The van der Waals surface area contributed by atoms with Gasteiger partial charge in [-0.15, -0.1) is 11.3 Å². The largest absolute Gasteiger partial charge is 0.505 e. The predicted octanol–water partition coefficient (Wildman–Crippen LogP) is 1.17. The van der Waals surface area contributed by atoms with Crippen molar-refractivity contribution in [3.05, 3.63) is 27.4 Å². The van der Waals surface area contributed by atoms with Crippen molar-refractivity contribution in [3.63, 3.8) is 0 Å². The minimum absolute atomic E-state index is 0.226. The molecule has 0 amide bonds. The number of nitriles is 1. The molecule has 4 nitrogen and oxygen atoms in total. The Labute approximate surface area is 76.7 Å². The maximum atomic E-state index is 11.1. The topological polar surface area (TPSA) is 76.9 Å². The van der Waals surface area contributed by atoms with Crippen LogP contribution in [0, 0.1) is 11.3 Å². The molecule has 0 bridgehead atoms. The molecule has 2 N–H and O–H groups in total. The number of thiophene rings is 1. The number of aromatic nitrogens is 1. The molecule has 64 valence electrons. The van der Waals surface area contributed by atoms with E-state index in [-0.39, 0.29) is 11.3 Å². The zero-order valence-corrected chi connectivity index (χ0v) is 7.18. The third-order valence-electron chi connectivity index (χ3n) is 1.70. The highest BCUT2D eigenvalue weighted by Crippen LogP contribution is 2.28. The van der Waals surface area contributed by atoms with Gasteiger partial charge in [0, 0.05) is 0 Å². The average Bonchev–Trinajstić information content (AvgIpc) is 2.53. The molecule has 2 heterocycles. The number of aromatic hydroxyl groups is 1. The van der Waals surface area contributed by atoms with E-state index >= 15 is 0 Å². The highest BCUT2D eigenvalue weighted by atomic mass is 32.1. The van der Waals surface area contributed by atoms with Gasteiger partial charge >= 0.3 is 0 Å². The maximum absolute atomic E-state index is 11.1. The van der Waals surface area contributed by atoms with Crippen LogP contribution in [0.2, 0.25) is 0 Å². The molecule has 0 aromatic carbocycles. The second-order valence-corrected chi connectivity index (χ2v) is 3.37. The van der Waals surface area contributed by atoms with E-state index in [0.29, 0.717) is 10.2 Å². The van der Waals surface area contributed by atoms with Gasteiger partial charge in [0.05, 0.1) is 10.2 Å². The summed E-state index contributed by atoms with van der Waals surface area (Å²) in [7, 11) is 0. The molecule has 2 rings (SSSR count). The number of fused-ring (bicyclic) bond motifs is 1. The van der Waals surface area contributed by atoms with Gasteiger partial charge in [-0.1, -0.05) is 0 Å². The van der Waals surface area contributed by atoms with Crippen LogP contribution in [0.5, 0.6) is 5.75 Å². The molecule has 0 aliphatic heterocycles. The summed E-state index contributed by atoms with van der Waals surface area (Å²) >= 11 is 1.28. The molecular formula is C8H4N2O2S. The second kappa shape index (κ2) is 2.61. The van der Waals surface area contributed by atoms with Crippen LogP contribution in [-0.2, 0) is 0 Å². The molecule has 0 aliphatic carbocycles. The Hall–Kier alpha value is -1.80. The summed E-state index contributed by atoms with van der Waals surface area (Å²) in [6.07, 6.45) is 0. The Morgan fingerprint density at radius 2 is 2.38 bits per heavy atom. The highest BCUT2D eigenvalue weighted by Gasteiger charge is 2.11. The first-order valence-electron chi connectivity index (χ1n) is 3.46. The summed E-state index contributed by atoms with van der Waals surface area (Å²) in [5, 5.41) is 19.8. The minimum Gasteiger partial charge on any atom is -0.505 e. The molecule has 13 heavy (non-hydrogen) atoms. The molecule has 2 aromatic heterocycles. The SMILES string of the molecule is N#Cc1c(O)c2sccc2[nH]c1=O. The predicted molar refractivity (Wildman–Crippen MR) is 48.8 cm³/mol. The lowest BCUT2D eigenvalue weighted by Crippen LogP contribution is -2.09. The Balaban J connectivity index is 3.04. The van der Waals surface area contributed by atoms with Gasteiger partial charge < -0.3 is 10.1 Å². The first-order chi connectivity index (χ1) is 6.24. The summed E-state index contributed by atoms with van der Waals surface area (Å²) in [6.45, 7) is 0. The Bertz CT molecular complexity index is 562. The quantitative estimate of drug-likeness (QED) is 0.657. The van der Waals surface area contributed by atoms with Crippen molar-refractivity contribution >= 4 is 21.6 Å². The van der Waals surface area contributed by atoms with Gasteiger partial charge in [0.25, 0.3) is 5.56 Å². The van der Waals surface area contributed by atoms with Crippen molar-refractivity contribution < 1.29 is 5.11 Å². The molecule has 0 spiro atoms. The molecule has 0 atom stereocenters. The molecule has 0 unspecified atom stereocenters. The molecule has 2 aromatic rings. The first kappa shape index (κ1) is 7.83. The zero-order valence-electron chi connectivity index (χ0n) is 6.37. The van der Waals surface area contributed by atoms with Gasteiger partial charge in [0.15, 0.2) is 11.3 Å². The molecule has 0 saturated heterocycles. The van der Waals surface area contributed by atoms with E-state index in [2.05, 4.69) is 4.98 Å². The number of hydrogen-bond donors (Lipinski definition) is 2. The Morgan fingerprint density at radius 1 is 1.62 bits per heavy atom. The minimum atomic E-state index is -0.550. The lowest BCUT2D eigenvalue weighted by molar-refractivity contribution is 0.479. The fraction of sp³-hybridized carbons (Fsp3) is 0. The summed E-state index contributed by atoms with van der Waals surface area (Å²) in [5.41, 5.74) is -0.215. The van der Waals surface area contributed by atoms with Crippen LogP contribution in [0.25, 0.3) is 10.2 Å². The van der Waals surface area contributed by atoms with E-state index in [4.69, 9.17) is 5.26 Å². The standard InChI is InChI=1S/C8H4N2O2S/c9-3-4-6(11)7-5(1-2-13-7)10-8(4)12/h1-2H,(H2,10,11,12). The summed E-state index contributed by atoms with van der Waals surface area (Å²) < 4.78 is 0.538. The third kappa shape index (κ3) is 0.999. The Kier molecular flexibility index (Phi) is 1.57. The van der Waals surface area contributed by atoms with E-state index < -0.39 is 5.56 Å². The first-order valence-corrected chi connectivity index (χ1v) is 4.34. The van der Waals surface area contributed by atoms with Crippen LogP contribution in [-0.4, -0.2) is 10.1 Å². The van der Waals surface area contributed by atoms with Gasteiger partial charge in [-0.25, -0.2) is 0 Å². The summed E-state index contributed by atoms with van der Waals surface area (Å²) in [4.78, 5) is 13.7. The van der Waals surface area contributed by atoms with Crippen molar-refractivity contribution in [1.82, 2.24) is 4.98 Å². The molecule has 0 saturated carbocycles. The zero-order chi connectivity index (χ0) is 9.42. The van der Waals surface area contributed by atoms with Crippen LogP contribution in [0.3, 0.4) is 0 Å². The molecule has 0 aliphatic rings. The maximum Gasteiger partial charge on any atom is 0.270 e. The summed E-state index contributed by atoms with van der Waals surface area (Å²) in [5.74, 6) is -0.226. The number of nitrogens with zero attached hydrogens (tertiary/aromatic N) is 1. The normalized spacial score (nSPS) is 10.1. The van der Waals surface area contributed by atoms with E-state index in [1.54, 1.807) is 17.5 Å². The van der Waals surface area contributed by atoms with Crippen LogP contribution in [0.4, 0.5) is 0 Å². The molecule has 0 radical (unpaired) electrons. The van der Waals surface area contributed by atoms with Gasteiger partial charge in [0.1, 0.15) is 6.07 Å². The molecule has 0 fully saturated rings. The number of pyridine rings is 1. The highest BCUT2D eigenvalue weighted by molar-refractivity contribution is 7.17. The van der Waals surface area contributed by atoms with Gasteiger partial charge in [0.2, 0.25) is 0 Å². The number of rotatable bonds is 0.